The summed E-state index contributed by atoms with van der Waals surface area (Å²) in [5.41, 5.74) is 3.25. The molecule has 28 heavy (non-hydrogen) atoms. The van der Waals surface area contributed by atoms with Gasteiger partial charge in [0.25, 0.3) is 5.91 Å². The van der Waals surface area contributed by atoms with Gasteiger partial charge in [-0.25, -0.2) is 4.39 Å². The van der Waals surface area contributed by atoms with Crippen LogP contribution in [-0.2, 0) is 13.0 Å². The third kappa shape index (κ3) is 3.89. The van der Waals surface area contributed by atoms with Gasteiger partial charge in [0.2, 0.25) is 0 Å². The highest BCUT2D eigenvalue weighted by Crippen LogP contribution is 2.34. The van der Waals surface area contributed by atoms with E-state index >= 15 is 0 Å². The minimum atomic E-state index is -0.436. The first-order valence-electron chi connectivity index (χ1n) is 9.35. The number of fused-ring (bicyclic) bond motifs is 1. The van der Waals surface area contributed by atoms with E-state index in [0.717, 1.165) is 49.3 Å². The largest absolute Gasteiger partial charge is 0.346 e. The summed E-state index contributed by atoms with van der Waals surface area (Å²) in [5.74, 6) is -0.617. The molecular weight excluding hydrogens is 404 g/mol. The number of aromatic amines is 1. The summed E-state index contributed by atoms with van der Waals surface area (Å²) in [5, 5.41) is 13.7. The van der Waals surface area contributed by atoms with Crippen LogP contribution in [0.3, 0.4) is 0 Å². The number of likely N-dealkylation sites (N-methyl/N-ethyl adjacent to an activating group) is 1. The smallest absolute Gasteiger partial charge is 0.272 e. The van der Waals surface area contributed by atoms with Gasteiger partial charge in [-0.1, -0.05) is 24.6 Å². The molecule has 1 aromatic heterocycles. The maximum absolute atomic E-state index is 14.0. The third-order valence-corrected chi connectivity index (χ3v) is 5.84. The first-order valence-corrected chi connectivity index (χ1v) is 9.73. The van der Waals surface area contributed by atoms with E-state index in [1.54, 1.807) is 6.07 Å². The molecule has 6 nitrogen and oxygen atoms in total. The average molecular weight is 428 g/mol. The lowest BCUT2D eigenvalue weighted by molar-refractivity contribution is 0.0919. The van der Waals surface area contributed by atoms with Crippen LogP contribution in [0.5, 0.6) is 0 Å². The van der Waals surface area contributed by atoms with E-state index in [9.17, 15) is 9.18 Å². The molecule has 2 aromatic rings. The van der Waals surface area contributed by atoms with Gasteiger partial charge in [0, 0.05) is 37.3 Å². The zero-order chi connectivity index (χ0) is 19.0. The van der Waals surface area contributed by atoms with Crippen LogP contribution in [0.15, 0.2) is 18.2 Å². The van der Waals surface area contributed by atoms with Crippen LogP contribution in [0.1, 0.15) is 46.7 Å². The second-order valence-electron chi connectivity index (χ2n) is 7.07. The maximum Gasteiger partial charge on any atom is 0.272 e. The van der Waals surface area contributed by atoms with Crippen molar-refractivity contribution in [2.45, 2.75) is 38.4 Å². The minimum absolute atomic E-state index is 0. The number of hydrogen-bond donors (Lipinski definition) is 3. The number of hydrogen-bond acceptors (Lipinski definition) is 4. The van der Waals surface area contributed by atoms with Crippen LogP contribution in [0.2, 0.25) is 5.02 Å². The van der Waals surface area contributed by atoms with E-state index in [1.807, 2.05) is 6.07 Å². The number of H-pyrrole nitrogens is 1. The molecule has 1 amide bonds. The summed E-state index contributed by atoms with van der Waals surface area (Å²) in [6.45, 7) is 5.26. The number of carbonyl (C=O) groups excluding carboxylic acids is 1. The maximum atomic E-state index is 14.0. The molecule has 3 heterocycles. The van der Waals surface area contributed by atoms with Gasteiger partial charge in [-0.05, 0) is 30.7 Å². The van der Waals surface area contributed by atoms with Crippen molar-refractivity contribution in [2.75, 3.05) is 19.6 Å². The predicted molar refractivity (Wildman–Crippen MR) is 109 cm³/mol. The summed E-state index contributed by atoms with van der Waals surface area (Å²) < 4.78 is 14.0. The Balaban J connectivity index is 0.00000225. The van der Waals surface area contributed by atoms with Crippen molar-refractivity contribution in [3.8, 4) is 0 Å². The van der Waals surface area contributed by atoms with E-state index in [4.69, 9.17) is 11.6 Å². The van der Waals surface area contributed by atoms with Crippen LogP contribution in [0.4, 0.5) is 4.39 Å². The van der Waals surface area contributed by atoms with Crippen LogP contribution in [-0.4, -0.2) is 46.7 Å². The number of aromatic nitrogens is 2. The molecule has 2 aliphatic rings. The van der Waals surface area contributed by atoms with Crippen molar-refractivity contribution in [1.29, 1.82) is 0 Å². The molecular formula is C19H24Cl2FN5O. The Labute approximate surface area is 174 Å². The molecule has 1 fully saturated rings. The van der Waals surface area contributed by atoms with E-state index in [2.05, 4.69) is 32.7 Å². The van der Waals surface area contributed by atoms with E-state index < -0.39 is 5.82 Å². The van der Waals surface area contributed by atoms with Gasteiger partial charge in [0.05, 0.1) is 17.1 Å². The lowest BCUT2D eigenvalue weighted by Gasteiger charge is -2.28. The standard InChI is InChI=1S/C19H23ClFN5O.ClH/c1-2-26-8-6-16(18(26)11-3-4-13(20)14(21)9-11)23-19(27)17-12-10-22-7-5-15(12)24-25-17;/h3-4,9,16,18,22H,2,5-8,10H2,1H3,(H,23,27)(H,24,25);1H. The number of halogens is 3. The van der Waals surface area contributed by atoms with Gasteiger partial charge in [-0.3, -0.25) is 14.8 Å². The van der Waals surface area contributed by atoms with E-state index in [0.29, 0.717) is 12.2 Å². The van der Waals surface area contributed by atoms with Crippen LogP contribution in [0.25, 0.3) is 0 Å². The number of carbonyl (C=O) groups is 1. The van der Waals surface area contributed by atoms with Crippen LogP contribution in [0, 0.1) is 5.82 Å². The molecule has 1 aromatic carbocycles. The number of benzene rings is 1. The molecule has 2 aliphatic heterocycles. The fraction of sp³-hybridized carbons (Fsp3) is 0.474. The summed E-state index contributed by atoms with van der Waals surface area (Å²) in [6, 6.07) is 4.69. The molecule has 2 unspecified atom stereocenters. The van der Waals surface area contributed by atoms with Gasteiger partial charge in [0.15, 0.2) is 5.69 Å². The van der Waals surface area contributed by atoms with Crippen molar-refractivity contribution >= 4 is 29.9 Å². The van der Waals surface area contributed by atoms with Crippen molar-refractivity contribution in [3.63, 3.8) is 0 Å². The fourth-order valence-electron chi connectivity index (χ4n) is 4.15. The molecule has 4 rings (SSSR count). The number of nitrogens with zero attached hydrogens (tertiary/aromatic N) is 2. The average Bonchev–Trinajstić information content (AvgIpc) is 3.28. The Kier molecular flexibility index (Phi) is 6.60. The van der Waals surface area contributed by atoms with E-state index in [-0.39, 0.29) is 35.4 Å². The SMILES string of the molecule is CCN1CCC(NC(=O)c2n[nH]c3c2CNCC3)C1c1ccc(Cl)c(F)c1.Cl. The molecule has 3 N–H and O–H groups in total. The van der Waals surface area contributed by atoms with Crippen molar-refractivity contribution in [2.24, 2.45) is 0 Å². The zero-order valence-corrected chi connectivity index (χ0v) is 17.2. The molecule has 152 valence electrons. The van der Waals surface area contributed by atoms with Gasteiger partial charge in [-0.2, -0.15) is 5.10 Å². The number of nitrogens with one attached hydrogen (secondary N) is 3. The summed E-state index contributed by atoms with van der Waals surface area (Å²) in [7, 11) is 0. The molecule has 0 bridgehead atoms. The number of amides is 1. The molecule has 0 saturated carbocycles. The highest BCUT2D eigenvalue weighted by Gasteiger charge is 2.36. The summed E-state index contributed by atoms with van der Waals surface area (Å²) in [6.07, 6.45) is 1.65. The van der Waals surface area contributed by atoms with Gasteiger partial charge in [-0.15, -0.1) is 12.4 Å². The summed E-state index contributed by atoms with van der Waals surface area (Å²) >= 11 is 5.84. The highest BCUT2D eigenvalue weighted by molar-refractivity contribution is 6.30. The minimum Gasteiger partial charge on any atom is -0.346 e. The van der Waals surface area contributed by atoms with Crippen LogP contribution < -0.4 is 10.6 Å². The quantitative estimate of drug-likeness (QED) is 0.701. The van der Waals surface area contributed by atoms with Crippen molar-refractivity contribution in [1.82, 2.24) is 25.7 Å². The lowest BCUT2D eigenvalue weighted by Crippen LogP contribution is -2.40. The Morgan fingerprint density at radius 2 is 2.29 bits per heavy atom. The van der Waals surface area contributed by atoms with Crippen molar-refractivity contribution in [3.05, 3.63) is 51.6 Å². The first-order chi connectivity index (χ1) is 13.1. The number of rotatable bonds is 4. The predicted octanol–water partition coefficient (Wildman–Crippen LogP) is 2.84. The van der Waals surface area contributed by atoms with Gasteiger partial charge >= 0.3 is 0 Å². The highest BCUT2D eigenvalue weighted by atomic mass is 35.5. The second-order valence-corrected chi connectivity index (χ2v) is 7.48. The molecule has 0 radical (unpaired) electrons. The first kappa shape index (κ1) is 21.0. The second kappa shape index (κ2) is 8.78. The number of likely N-dealkylation sites (tertiary alicyclic amines) is 1. The van der Waals surface area contributed by atoms with Gasteiger partial charge < -0.3 is 10.6 Å². The molecule has 9 heteroatoms. The Morgan fingerprint density at radius 3 is 3.04 bits per heavy atom. The molecule has 0 spiro atoms. The Hall–Kier alpha value is -1.67. The topological polar surface area (TPSA) is 73.0 Å². The third-order valence-electron chi connectivity index (χ3n) is 5.53. The lowest BCUT2D eigenvalue weighted by atomic mass is 9.99. The van der Waals surface area contributed by atoms with Crippen molar-refractivity contribution < 1.29 is 9.18 Å². The van der Waals surface area contributed by atoms with Gasteiger partial charge in [0.1, 0.15) is 5.82 Å². The molecule has 1 saturated heterocycles. The zero-order valence-electron chi connectivity index (χ0n) is 15.6. The fourth-order valence-corrected chi connectivity index (χ4v) is 4.27. The monoisotopic (exact) mass is 427 g/mol. The summed E-state index contributed by atoms with van der Waals surface area (Å²) in [4.78, 5) is 15.1. The Morgan fingerprint density at radius 1 is 1.46 bits per heavy atom. The molecule has 0 aliphatic carbocycles. The normalized spacial score (nSPS) is 21.8. The Bertz CT molecular complexity index is 859. The van der Waals surface area contributed by atoms with E-state index in [1.165, 1.54) is 6.07 Å². The van der Waals surface area contributed by atoms with Crippen LogP contribution >= 0.6 is 24.0 Å². The molecule has 2 atom stereocenters.